The first-order chi connectivity index (χ1) is 8.06. The molecule has 1 aliphatic heterocycles. The quantitative estimate of drug-likeness (QED) is 0.588. The Morgan fingerprint density at radius 1 is 1.35 bits per heavy atom. The van der Waals surface area contributed by atoms with Crippen molar-refractivity contribution < 1.29 is 4.92 Å². The molecule has 7 nitrogen and oxygen atoms in total. The number of anilines is 2. The van der Waals surface area contributed by atoms with Crippen molar-refractivity contribution in [3.8, 4) is 0 Å². The maximum absolute atomic E-state index is 10.7. The highest BCUT2D eigenvalue weighted by Gasteiger charge is 2.18. The van der Waals surface area contributed by atoms with Crippen LogP contribution in [0.2, 0.25) is 0 Å². The molecule has 0 spiro atoms. The predicted molar refractivity (Wildman–Crippen MR) is 65.0 cm³/mol. The minimum absolute atomic E-state index is 0.00794. The number of nitrogens with two attached hydrogens (primary N) is 1. The van der Waals surface area contributed by atoms with Crippen molar-refractivity contribution >= 4 is 17.3 Å². The van der Waals surface area contributed by atoms with Crippen molar-refractivity contribution in [2.24, 2.45) is 0 Å². The van der Waals surface area contributed by atoms with E-state index >= 15 is 0 Å². The van der Waals surface area contributed by atoms with Crippen molar-refractivity contribution in [2.45, 2.75) is 0 Å². The largest absolute Gasteiger partial charge is 0.383 e. The van der Waals surface area contributed by atoms with Gasteiger partial charge in [0.25, 0.3) is 5.69 Å². The second-order valence-electron chi connectivity index (χ2n) is 4.16. The highest BCUT2D eigenvalue weighted by atomic mass is 16.6. The van der Waals surface area contributed by atoms with Gasteiger partial charge in [0.15, 0.2) is 0 Å². The van der Waals surface area contributed by atoms with E-state index in [-0.39, 0.29) is 11.5 Å². The Hall–Kier alpha value is -1.89. The van der Waals surface area contributed by atoms with Crippen LogP contribution in [0.25, 0.3) is 0 Å². The number of hydrogen-bond donors (Lipinski definition) is 1. The lowest BCUT2D eigenvalue weighted by atomic mass is 10.3. The normalized spacial score (nSPS) is 17.1. The lowest BCUT2D eigenvalue weighted by Crippen LogP contribution is -2.44. The molecule has 1 aromatic rings. The second-order valence-corrected chi connectivity index (χ2v) is 4.16. The summed E-state index contributed by atoms with van der Waals surface area (Å²) in [5.74, 6) is 0.776. The number of nitrogens with zero attached hydrogens (tertiary/aromatic N) is 4. The Labute approximate surface area is 99.0 Å². The van der Waals surface area contributed by atoms with Crippen LogP contribution in [0.15, 0.2) is 12.1 Å². The molecule has 0 radical (unpaired) electrons. The summed E-state index contributed by atoms with van der Waals surface area (Å²) in [5.41, 5.74) is 5.57. The minimum Gasteiger partial charge on any atom is -0.383 e. The summed E-state index contributed by atoms with van der Waals surface area (Å²) in [4.78, 5) is 18.7. The molecule has 0 unspecified atom stereocenters. The molecule has 0 aliphatic carbocycles. The van der Waals surface area contributed by atoms with Gasteiger partial charge in [-0.05, 0) is 7.05 Å². The average molecular weight is 237 g/mol. The van der Waals surface area contributed by atoms with E-state index in [2.05, 4.69) is 9.88 Å². The first-order valence-corrected chi connectivity index (χ1v) is 5.42. The smallest absolute Gasteiger partial charge is 0.276 e. The zero-order valence-corrected chi connectivity index (χ0v) is 9.67. The van der Waals surface area contributed by atoms with Crippen molar-refractivity contribution in [3.63, 3.8) is 0 Å². The number of piperazine rings is 1. The molecule has 2 N–H and O–H groups in total. The van der Waals surface area contributed by atoms with Crippen LogP contribution in [-0.4, -0.2) is 48.0 Å². The number of likely N-dealkylation sites (N-methyl/N-ethyl adjacent to an activating group) is 1. The highest BCUT2D eigenvalue weighted by Crippen LogP contribution is 2.22. The van der Waals surface area contributed by atoms with Crippen molar-refractivity contribution in [1.82, 2.24) is 9.88 Å². The molecule has 17 heavy (non-hydrogen) atoms. The molecule has 1 fully saturated rings. The Kier molecular flexibility index (Phi) is 3.10. The zero-order valence-electron chi connectivity index (χ0n) is 9.67. The molecule has 2 rings (SSSR count). The molecule has 7 heteroatoms. The van der Waals surface area contributed by atoms with Crippen LogP contribution in [0.3, 0.4) is 0 Å². The second kappa shape index (κ2) is 4.54. The van der Waals surface area contributed by atoms with Crippen LogP contribution in [-0.2, 0) is 0 Å². The third kappa shape index (κ3) is 2.62. The molecule has 1 aliphatic rings. The summed E-state index contributed by atoms with van der Waals surface area (Å²) < 4.78 is 0. The fourth-order valence-corrected chi connectivity index (χ4v) is 1.83. The molecule has 0 saturated carbocycles. The molecular weight excluding hydrogens is 222 g/mol. The third-order valence-electron chi connectivity index (χ3n) is 2.85. The number of nitro groups is 1. The van der Waals surface area contributed by atoms with Gasteiger partial charge in [-0.25, -0.2) is 4.98 Å². The van der Waals surface area contributed by atoms with Gasteiger partial charge in [0.2, 0.25) is 0 Å². The van der Waals surface area contributed by atoms with Crippen LogP contribution >= 0.6 is 0 Å². The number of rotatable bonds is 2. The third-order valence-corrected chi connectivity index (χ3v) is 2.85. The van der Waals surface area contributed by atoms with Gasteiger partial charge in [0.05, 0.1) is 17.1 Å². The van der Waals surface area contributed by atoms with Crippen molar-refractivity contribution in [1.29, 1.82) is 0 Å². The summed E-state index contributed by atoms with van der Waals surface area (Å²) in [6.07, 6.45) is 0. The first kappa shape index (κ1) is 11.6. The van der Waals surface area contributed by atoms with Gasteiger partial charge in [0.1, 0.15) is 11.6 Å². The number of aromatic nitrogens is 1. The Morgan fingerprint density at radius 2 is 2.00 bits per heavy atom. The van der Waals surface area contributed by atoms with E-state index in [9.17, 15) is 10.1 Å². The first-order valence-electron chi connectivity index (χ1n) is 5.42. The van der Waals surface area contributed by atoms with Crippen LogP contribution in [0.5, 0.6) is 0 Å². The monoisotopic (exact) mass is 237 g/mol. The SMILES string of the molecule is CN1CCN(c2cc([N+](=O)[O-])cc(N)n2)CC1. The fourth-order valence-electron chi connectivity index (χ4n) is 1.83. The van der Waals surface area contributed by atoms with Gasteiger partial charge in [-0.2, -0.15) is 0 Å². The van der Waals surface area contributed by atoms with E-state index in [1.807, 2.05) is 11.9 Å². The topological polar surface area (TPSA) is 88.5 Å². The van der Waals surface area contributed by atoms with Gasteiger partial charge in [-0.1, -0.05) is 0 Å². The van der Waals surface area contributed by atoms with Gasteiger partial charge < -0.3 is 15.5 Å². The lowest BCUT2D eigenvalue weighted by Gasteiger charge is -2.33. The molecular formula is C10H15N5O2. The molecule has 0 aromatic carbocycles. The average Bonchev–Trinajstić information content (AvgIpc) is 2.29. The van der Waals surface area contributed by atoms with Gasteiger partial charge in [-0.3, -0.25) is 10.1 Å². The van der Waals surface area contributed by atoms with Crippen molar-refractivity contribution in [2.75, 3.05) is 43.9 Å². The molecule has 1 aromatic heterocycles. The lowest BCUT2D eigenvalue weighted by molar-refractivity contribution is -0.384. The Morgan fingerprint density at radius 3 is 2.59 bits per heavy atom. The highest BCUT2D eigenvalue weighted by molar-refractivity contribution is 5.54. The summed E-state index contributed by atoms with van der Waals surface area (Å²) in [7, 11) is 2.05. The molecule has 92 valence electrons. The molecule has 0 amide bonds. The maximum atomic E-state index is 10.7. The van der Waals surface area contributed by atoms with Crippen LogP contribution in [0.4, 0.5) is 17.3 Å². The van der Waals surface area contributed by atoms with Gasteiger partial charge in [-0.15, -0.1) is 0 Å². The predicted octanol–water partition coefficient (Wildman–Crippen LogP) is 0.324. The molecule has 2 heterocycles. The van der Waals surface area contributed by atoms with Crippen molar-refractivity contribution in [3.05, 3.63) is 22.2 Å². The van der Waals surface area contributed by atoms with Crippen LogP contribution in [0, 0.1) is 10.1 Å². The van der Waals surface area contributed by atoms with Gasteiger partial charge >= 0.3 is 0 Å². The molecule has 1 saturated heterocycles. The molecule has 0 bridgehead atoms. The summed E-state index contributed by atoms with van der Waals surface area (Å²) in [6.45, 7) is 3.46. The van der Waals surface area contributed by atoms with E-state index in [0.29, 0.717) is 5.82 Å². The zero-order chi connectivity index (χ0) is 12.4. The standard InChI is InChI=1S/C10H15N5O2/c1-13-2-4-14(5-3-13)10-7-8(15(16)17)6-9(11)12-10/h6-7H,2-5H2,1H3,(H2,11,12). The summed E-state index contributed by atoms with van der Waals surface area (Å²) >= 11 is 0. The Bertz CT molecular complexity index is 429. The number of nitrogen functional groups attached to an aromatic ring is 1. The summed E-state index contributed by atoms with van der Waals surface area (Å²) in [5, 5.41) is 10.7. The van der Waals surface area contributed by atoms with E-state index < -0.39 is 4.92 Å². The Balaban J connectivity index is 2.23. The van der Waals surface area contributed by atoms with E-state index in [4.69, 9.17) is 5.73 Å². The fraction of sp³-hybridized carbons (Fsp3) is 0.500. The number of pyridine rings is 1. The molecule has 0 atom stereocenters. The van der Waals surface area contributed by atoms with E-state index in [0.717, 1.165) is 26.2 Å². The van der Waals surface area contributed by atoms with Crippen LogP contribution in [0.1, 0.15) is 0 Å². The van der Waals surface area contributed by atoms with E-state index in [1.165, 1.54) is 12.1 Å². The minimum atomic E-state index is -0.447. The van der Waals surface area contributed by atoms with E-state index in [1.54, 1.807) is 0 Å². The van der Waals surface area contributed by atoms with Crippen LogP contribution < -0.4 is 10.6 Å². The summed E-state index contributed by atoms with van der Waals surface area (Å²) in [6, 6.07) is 2.75. The maximum Gasteiger partial charge on any atom is 0.276 e. The number of hydrogen-bond acceptors (Lipinski definition) is 6. The van der Waals surface area contributed by atoms with Gasteiger partial charge in [0, 0.05) is 26.2 Å².